The molecule has 166 valence electrons. The molecule has 0 spiro atoms. The Morgan fingerprint density at radius 2 is 1.81 bits per heavy atom. The summed E-state index contributed by atoms with van der Waals surface area (Å²) in [4.78, 5) is 12.4. The Hall–Kier alpha value is -2.59. The largest absolute Gasteiger partial charge is 0.397 e. The number of aromatic nitrogens is 2. The molecule has 10 heteroatoms. The number of nitrogens with zero attached hydrogens (tertiary/aromatic N) is 3. The van der Waals surface area contributed by atoms with Gasteiger partial charge in [0.25, 0.3) is 0 Å². The van der Waals surface area contributed by atoms with Crippen molar-refractivity contribution in [3.63, 3.8) is 0 Å². The lowest BCUT2D eigenvalue weighted by Gasteiger charge is -2.29. The number of nitrogens with two attached hydrogens (primary N) is 1. The lowest BCUT2D eigenvalue weighted by atomic mass is 10.2. The van der Waals surface area contributed by atoms with Gasteiger partial charge in [0.2, 0.25) is 0 Å². The van der Waals surface area contributed by atoms with E-state index in [1.807, 2.05) is 54.8 Å². The minimum atomic E-state index is 0.453. The number of nitrogens with one attached hydrogen (secondary N) is 2. The van der Waals surface area contributed by atoms with Gasteiger partial charge in [-0.1, -0.05) is 23.7 Å². The molecule has 4 rings (SSSR count). The summed E-state index contributed by atoms with van der Waals surface area (Å²) in [5.41, 5.74) is 9.05. The van der Waals surface area contributed by atoms with Crippen LogP contribution in [0.25, 0.3) is 11.4 Å². The first-order chi connectivity index (χ1) is 15.5. The summed E-state index contributed by atoms with van der Waals surface area (Å²) >= 11 is 13.5. The molecule has 1 aromatic heterocycles. The minimum absolute atomic E-state index is 0.453. The van der Waals surface area contributed by atoms with Gasteiger partial charge in [0.15, 0.2) is 10.9 Å². The number of morpholine rings is 1. The van der Waals surface area contributed by atoms with Crippen LogP contribution in [0.1, 0.15) is 0 Å². The first-order valence-electron chi connectivity index (χ1n) is 10.0. The SMILES string of the molecule is CSc1c(Cl)nc(-c2ccc(NC(=S)Nc3ccccc3N)cc2)nc1N1CCOCC1. The van der Waals surface area contributed by atoms with E-state index in [-0.39, 0.29) is 0 Å². The number of halogens is 1. The molecule has 0 unspecified atom stereocenters. The summed E-state index contributed by atoms with van der Waals surface area (Å²) < 4.78 is 5.47. The molecule has 0 atom stereocenters. The van der Waals surface area contributed by atoms with Crippen molar-refractivity contribution in [3.8, 4) is 11.4 Å². The Kier molecular flexibility index (Phi) is 7.31. The second kappa shape index (κ2) is 10.4. The third-order valence-electron chi connectivity index (χ3n) is 4.93. The lowest BCUT2D eigenvalue weighted by Crippen LogP contribution is -2.37. The quantitative estimate of drug-likeness (QED) is 0.204. The van der Waals surface area contributed by atoms with E-state index in [1.54, 1.807) is 11.8 Å². The van der Waals surface area contributed by atoms with Crippen molar-refractivity contribution in [1.29, 1.82) is 0 Å². The molecule has 3 aromatic rings. The number of hydrogen-bond donors (Lipinski definition) is 3. The van der Waals surface area contributed by atoms with Crippen molar-refractivity contribution in [1.82, 2.24) is 9.97 Å². The molecule has 0 radical (unpaired) electrons. The molecule has 0 amide bonds. The van der Waals surface area contributed by atoms with E-state index in [0.717, 1.165) is 40.7 Å². The summed E-state index contributed by atoms with van der Waals surface area (Å²) in [5, 5.41) is 7.17. The van der Waals surface area contributed by atoms with Crippen molar-refractivity contribution in [2.24, 2.45) is 0 Å². The van der Waals surface area contributed by atoms with E-state index in [2.05, 4.69) is 20.5 Å². The van der Waals surface area contributed by atoms with Gasteiger partial charge < -0.3 is 26.0 Å². The van der Waals surface area contributed by atoms with Gasteiger partial charge in [-0.3, -0.25) is 0 Å². The maximum absolute atomic E-state index is 6.52. The predicted molar refractivity (Wildman–Crippen MR) is 138 cm³/mol. The number of para-hydroxylation sites is 2. The van der Waals surface area contributed by atoms with Gasteiger partial charge in [0.05, 0.1) is 29.5 Å². The summed E-state index contributed by atoms with van der Waals surface area (Å²) in [6.07, 6.45) is 1.98. The van der Waals surface area contributed by atoms with Crippen LogP contribution in [0, 0.1) is 0 Å². The van der Waals surface area contributed by atoms with Crippen molar-refractivity contribution in [2.75, 3.05) is 53.8 Å². The van der Waals surface area contributed by atoms with Crippen LogP contribution in [0.3, 0.4) is 0 Å². The maximum atomic E-state index is 6.52. The third kappa shape index (κ3) is 5.24. The molecule has 1 fully saturated rings. The van der Waals surface area contributed by atoms with Crippen LogP contribution >= 0.6 is 35.6 Å². The summed E-state index contributed by atoms with van der Waals surface area (Å²) in [6.45, 7) is 2.90. The standard InChI is InChI=1S/C22H23ClN6OS2/c1-32-18-19(23)27-20(28-21(18)29-10-12-30-13-11-29)14-6-8-15(9-7-14)25-22(31)26-17-5-3-2-4-16(17)24/h2-9H,10-13,24H2,1H3,(H2,25,26,31). The monoisotopic (exact) mass is 486 g/mol. The van der Waals surface area contributed by atoms with Gasteiger partial charge in [-0.2, -0.15) is 0 Å². The molecule has 2 heterocycles. The highest BCUT2D eigenvalue weighted by atomic mass is 35.5. The van der Waals surface area contributed by atoms with E-state index < -0.39 is 0 Å². The minimum Gasteiger partial charge on any atom is -0.397 e. The summed E-state index contributed by atoms with van der Waals surface area (Å²) in [7, 11) is 0. The average molecular weight is 487 g/mol. The molecular formula is C22H23ClN6OS2. The fourth-order valence-electron chi connectivity index (χ4n) is 3.30. The lowest BCUT2D eigenvalue weighted by molar-refractivity contribution is 0.122. The van der Waals surface area contributed by atoms with Gasteiger partial charge in [0.1, 0.15) is 11.0 Å². The third-order valence-corrected chi connectivity index (χ3v) is 6.30. The number of benzene rings is 2. The zero-order valence-electron chi connectivity index (χ0n) is 17.5. The molecule has 0 saturated carbocycles. The molecule has 1 saturated heterocycles. The normalized spacial score (nSPS) is 13.6. The molecule has 1 aliphatic heterocycles. The summed E-state index contributed by atoms with van der Waals surface area (Å²) in [6, 6.07) is 15.2. The molecule has 2 aromatic carbocycles. The Bertz CT molecular complexity index is 1110. The van der Waals surface area contributed by atoms with Gasteiger partial charge >= 0.3 is 0 Å². The van der Waals surface area contributed by atoms with Gasteiger partial charge in [-0.15, -0.1) is 11.8 Å². The smallest absolute Gasteiger partial charge is 0.175 e. The van der Waals surface area contributed by atoms with Crippen LogP contribution in [0.15, 0.2) is 53.4 Å². The molecule has 1 aliphatic rings. The zero-order chi connectivity index (χ0) is 22.5. The Labute approximate surface area is 201 Å². The highest BCUT2D eigenvalue weighted by Crippen LogP contribution is 2.35. The van der Waals surface area contributed by atoms with Crippen LogP contribution in [0.2, 0.25) is 5.15 Å². The van der Waals surface area contributed by atoms with Gasteiger partial charge in [-0.05, 0) is 54.9 Å². The van der Waals surface area contributed by atoms with Gasteiger partial charge in [0, 0.05) is 24.3 Å². The number of thiocarbonyl (C=S) groups is 1. The van der Waals surface area contributed by atoms with E-state index in [9.17, 15) is 0 Å². The molecule has 0 aliphatic carbocycles. The molecule has 4 N–H and O–H groups in total. The van der Waals surface area contributed by atoms with E-state index in [0.29, 0.717) is 35.0 Å². The average Bonchev–Trinajstić information content (AvgIpc) is 2.81. The van der Waals surface area contributed by atoms with Crippen LogP contribution < -0.4 is 21.3 Å². The Morgan fingerprint density at radius 3 is 2.50 bits per heavy atom. The van der Waals surface area contributed by atoms with Crippen LogP contribution in [0.4, 0.5) is 22.9 Å². The molecule has 32 heavy (non-hydrogen) atoms. The summed E-state index contributed by atoms with van der Waals surface area (Å²) in [5.74, 6) is 1.43. The van der Waals surface area contributed by atoms with Crippen molar-refractivity contribution >= 4 is 63.6 Å². The maximum Gasteiger partial charge on any atom is 0.175 e. The highest BCUT2D eigenvalue weighted by Gasteiger charge is 2.21. The van der Waals surface area contributed by atoms with Gasteiger partial charge in [-0.25, -0.2) is 9.97 Å². The van der Waals surface area contributed by atoms with Crippen LogP contribution in [-0.2, 0) is 4.74 Å². The molecule has 0 bridgehead atoms. The first kappa shape index (κ1) is 22.6. The highest BCUT2D eigenvalue weighted by molar-refractivity contribution is 7.98. The number of thioether (sulfide) groups is 1. The van der Waals surface area contributed by atoms with Crippen LogP contribution in [-0.4, -0.2) is 47.6 Å². The van der Waals surface area contributed by atoms with Crippen molar-refractivity contribution in [2.45, 2.75) is 4.90 Å². The van der Waals surface area contributed by atoms with Crippen molar-refractivity contribution < 1.29 is 4.74 Å². The Balaban J connectivity index is 1.51. The van der Waals surface area contributed by atoms with E-state index in [4.69, 9.17) is 39.3 Å². The number of hydrogen-bond acceptors (Lipinski definition) is 7. The number of anilines is 4. The Morgan fingerprint density at radius 1 is 1.09 bits per heavy atom. The number of nitrogen functional groups attached to an aromatic ring is 1. The topological polar surface area (TPSA) is 88.3 Å². The number of rotatable bonds is 5. The predicted octanol–water partition coefficient (Wildman–Crippen LogP) is 4.75. The fraction of sp³-hybridized carbons (Fsp3) is 0.227. The second-order valence-electron chi connectivity index (χ2n) is 7.04. The van der Waals surface area contributed by atoms with Crippen molar-refractivity contribution in [3.05, 3.63) is 53.7 Å². The van der Waals surface area contributed by atoms with Crippen LogP contribution in [0.5, 0.6) is 0 Å². The van der Waals surface area contributed by atoms with E-state index >= 15 is 0 Å². The fourth-order valence-corrected chi connectivity index (χ4v) is 4.50. The van der Waals surface area contributed by atoms with E-state index in [1.165, 1.54) is 0 Å². The second-order valence-corrected chi connectivity index (χ2v) is 8.62. The molecular weight excluding hydrogens is 464 g/mol. The molecule has 7 nitrogen and oxygen atoms in total. The first-order valence-corrected chi connectivity index (χ1v) is 12.0. The zero-order valence-corrected chi connectivity index (χ0v) is 19.9. The number of ether oxygens (including phenoxy) is 1.